The zero-order valence-corrected chi connectivity index (χ0v) is 18.0. The summed E-state index contributed by atoms with van der Waals surface area (Å²) < 4.78 is 16.6. The molecule has 0 atom stereocenters. The van der Waals surface area contributed by atoms with Gasteiger partial charge in [-0.15, -0.1) is 0 Å². The molecule has 0 radical (unpaired) electrons. The first kappa shape index (κ1) is 21.2. The van der Waals surface area contributed by atoms with E-state index in [0.29, 0.717) is 41.6 Å². The molecule has 1 aliphatic heterocycles. The maximum atomic E-state index is 12.6. The van der Waals surface area contributed by atoms with Gasteiger partial charge in [-0.1, -0.05) is 18.2 Å². The lowest BCUT2D eigenvalue weighted by molar-refractivity contribution is -0.121. The zero-order chi connectivity index (χ0) is 22.5. The number of ether oxygens (including phenoxy) is 3. The fraction of sp³-hybridized carbons (Fsp3) is 0.200. The minimum Gasteiger partial charge on any atom is -0.497 e. The Kier molecular flexibility index (Phi) is 6.26. The van der Waals surface area contributed by atoms with Crippen LogP contribution >= 0.6 is 0 Å². The molecule has 0 spiro atoms. The number of benzene rings is 3. The Morgan fingerprint density at radius 1 is 1.06 bits per heavy atom. The van der Waals surface area contributed by atoms with Crippen LogP contribution in [0.2, 0.25) is 0 Å². The fourth-order valence-electron chi connectivity index (χ4n) is 3.45. The van der Waals surface area contributed by atoms with Crippen molar-refractivity contribution < 1.29 is 23.8 Å². The minimum absolute atomic E-state index is 0.0648. The predicted molar refractivity (Wildman–Crippen MR) is 122 cm³/mol. The van der Waals surface area contributed by atoms with Gasteiger partial charge in [0.2, 0.25) is 0 Å². The van der Waals surface area contributed by atoms with Crippen LogP contribution in [0.1, 0.15) is 15.9 Å². The van der Waals surface area contributed by atoms with Gasteiger partial charge < -0.3 is 24.4 Å². The summed E-state index contributed by atoms with van der Waals surface area (Å²) in [5, 5.41) is 2.85. The van der Waals surface area contributed by atoms with Crippen molar-refractivity contribution in [2.24, 2.45) is 0 Å². The topological polar surface area (TPSA) is 77.1 Å². The molecule has 2 amide bonds. The quantitative estimate of drug-likeness (QED) is 0.609. The SMILES string of the molecule is COc1cccc(C(=O)Nc2ccc3c(c2)OCC(=O)N3CCOc2cccc(C)c2)c1. The largest absolute Gasteiger partial charge is 0.497 e. The minimum atomic E-state index is -0.265. The van der Waals surface area contributed by atoms with E-state index in [-0.39, 0.29) is 18.4 Å². The molecule has 0 aromatic heterocycles. The smallest absolute Gasteiger partial charge is 0.265 e. The first-order chi connectivity index (χ1) is 15.5. The average molecular weight is 432 g/mol. The lowest BCUT2D eigenvalue weighted by Gasteiger charge is -2.29. The molecule has 0 aliphatic carbocycles. The standard InChI is InChI=1S/C25H24N2O5/c1-17-5-3-8-21(13-17)31-12-11-27-22-10-9-19(15-23(22)32-16-24(27)28)26-25(29)18-6-4-7-20(14-18)30-2/h3-10,13-15H,11-12,16H2,1-2H3,(H,26,29). The number of hydrogen-bond donors (Lipinski definition) is 1. The zero-order valence-electron chi connectivity index (χ0n) is 18.0. The van der Waals surface area contributed by atoms with Gasteiger partial charge in [0, 0.05) is 17.3 Å². The number of rotatable bonds is 7. The summed E-state index contributed by atoms with van der Waals surface area (Å²) in [4.78, 5) is 26.6. The third kappa shape index (κ3) is 4.83. The van der Waals surface area contributed by atoms with Crippen LogP contribution in [0.4, 0.5) is 11.4 Å². The molecular formula is C25H24N2O5. The van der Waals surface area contributed by atoms with Gasteiger partial charge in [-0.25, -0.2) is 0 Å². The molecule has 0 saturated carbocycles. The number of nitrogens with zero attached hydrogens (tertiary/aromatic N) is 1. The summed E-state index contributed by atoms with van der Waals surface area (Å²) in [5.74, 6) is 1.50. The monoisotopic (exact) mass is 432 g/mol. The number of methoxy groups -OCH3 is 1. The third-order valence-corrected chi connectivity index (χ3v) is 5.07. The van der Waals surface area contributed by atoms with Crippen molar-refractivity contribution in [3.05, 3.63) is 77.9 Å². The molecule has 3 aromatic rings. The first-order valence-electron chi connectivity index (χ1n) is 10.3. The van der Waals surface area contributed by atoms with Crippen LogP contribution in [-0.4, -0.2) is 38.7 Å². The van der Waals surface area contributed by atoms with Crippen molar-refractivity contribution in [3.8, 4) is 17.2 Å². The van der Waals surface area contributed by atoms with E-state index in [2.05, 4.69) is 5.32 Å². The van der Waals surface area contributed by atoms with Crippen molar-refractivity contribution in [2.45, 2.75) is 6.92 Å². The fourth-order valence-corrected chi connectivity index (χ4v) is 3.45. The summed E-state index contributed by atoms with van der Waals surface area (Å²) in [6, 6.07) is 19.9. The maximum absolute atomic E-state index is 12.6. The number of carbonyl (C=O) groups excluding carboxylic acids is 2. The molecular weight excluding hydrogens is 408 g/mol. The molecule has 1 heterocycles. The van der Waals surface area contributed by atoms with E-state index < -0.39 is 0 Å². The van der Waals surface area contributed by atoms with Crippen LogP contribution in [0.15, 0.2) is 66.7 Å². The normalized spacial score (nSPS) is 12.6. The van der Waals surface area contributed by atoms with Gasteiger partial charge in [0.25, 0.3) is 11.8 Å². The molecule has 3 aromatic carbocycles. The second kappa shape index (κ2) is 9.43. The highest BCUT2D eigenvalue weighted by atomic mass is 16.5. The van der Waals surface area contributed by atoms with E-state index in [0.717, 1.165) is 11.3 Å². The molecule has 164 valence electrons. The lowest BCUT2D eigenvalue weighted by Crippen LogP contribution is -2.41. The van der Waals surface area contributed by atoms with Crippen LogP contribution in [0, 0.1) is 6.92 Å². The molecule has 0 unspecified atom stereocenters. The molecule has 4 rings (SSSR count). The average Bonchev–Trinajstić information content (AvgIpc) is 2.80. The number of nitrogens with one attached hydrogen (secondary N) is 1. The predicted octanol–water partition coefficient (Wildman–Crippen LogP) is 4.06. The van der Waals surface area contributed by atoms with Crippen LogP contribution in [0.25, 0.3) is 0 Å². The van der Waals surface area contributed by atoms with Crippen molar-refractivity contribution in [3.63, 3.8) is 0 Å². The highest BCUT2D eigenvalue weighted by Gasteiger charge is 2.26. The van der Waals surface area contributed by atoms with Crippen LogP contribution in [0.3, 0.4) is 0 Å². The number of fused-ring (bicyclic) bond motifs is 1. The van der Waals surface area contributed by atoms with Crippen LogP contribution in [0.5, 0.6) is 17.2 Å². The van der Waals surface area contributed by atoms with E-state index in [4.69, 9.17) is 14.2 Å². The Morgan fingerprint density at radius 2 is 1.88 bits per heavy atom. The second-order valence-corrected chi connectivity index (χ2v) is 7.37. The molecule has 1 aliphatic rings. The second-order valence-electron chi connectivity index (χ2n) is 7.37. The number of carbonyl (C=O) groups is 2. The van der Waals surface area contributed by atoms with Crippen LogP contribution < -0.4 is 24.4 Å². The molecule has 0 fully saturated rings. The van der Waals surface area contributed by atoms with Crippen LogP contribution in [-0.2, 0) is 4.79 Å². The Labute approximate surface area is 186 Å². The molecule has 32 heavy (non-hydrogen) atoms. The lowest BCUT2D eigenvalue weighted by atomic mass is 10.1. The van der Waals surface area contributed by atoms with Gasteiger partial charge in [-0.3, -0.25) is 9.59 Å². The van der Waals surface area contributed by atoms with Gasteiger partial charge in [0.05, 0.1) is 19.3 Å². The Bertz CT molecular complexity index is 1140. The van der Waals surface area contributed by atoms with Gasteiger partial charge in [-0.2, -0.15) is 0 Å². The highest BCUT2D eigenvalue weighted by molar-refractivity contribution is 6.05. The molecule has 0 saturated heterocycles. The van der Waals surface area contributed by atoms with E-state index in [1.165, 1.54) is 0 Å². The van der Waals surface area contributed by atoms with Gasteiger partial charge in [0.15, 0.2) is 6.61 Å². The Morgan fingerprint density at radius 3 is 2.69 bits per heavy atom. The number of hydrogen-bond acceptors (Lipinski definition) is 5. The number of amides is 2. The van der Waals surface area contributed by atoms with E-state index in [1.807, 2.05) is 31.2 Å². The Hall–Kier alpha value is -4.00. The van der Waals surface area contributed by atoms with Crippen molar-refractivity contribution in [1.29, 1.82) is 0 Å². The third-order valence-electron chi connectivity index (χ3n) is 5.07. The molecule has 7 nitrogen and oxygen atoms in total. The van der Waals surface area contributed by atoms with Gasteiger partial charge in [0.1, 0.15) is 23.9 Å². The first-order valence-corrected chi connectivity index (χ1v) is 10.3. The van der Waals surface area contributed by atoms with E-state index >= 15 is 0 Å². The summed E-state index contributed by atoms with van der Waals surface area (Å²) >= 11 is 0. The van der Waals surface area contributed by atoms with E-state index in [9.17, 15) is 9.59 Å². The number of aryl methyl sites for hydroxylation is 1. The van der Waals surface area contributed by atoms with Crippen molar-refractivity contribution in [1.82, 2.24) is 0 Å². The summed E-state index contributed by atoms with van der Waals surface area (Å²) in [7, 11) is 1.55. The molecule has 7 heteroatoms. The van der Waals surface area contributed by atoms with Crippen molar-refractivity contribution in [2.75, 3.05) is 37.1 Å². The number of anilines is 2. The molecule has 1 N–H and O–H groups in total. The highest BCUT2D eigenvalue weighted by Crippen LogP contribution is 2.34. The maximum Gasteiger partial charge on any atom is 0.265 e. The Balaban J connectivity index is 1.44. The summed E-state index contributed by atoms with van der Waals surface area (Å²) in [5.41, 5.74) is 2.81. The summed E-state index contributed by atoms with van der Waals surface area (Å²) in [6.07, 6.45) is 0. The van der Waals surface area contributed by atoms with Crippen molar-refractivity contribution >= 4 is 23.2 Å². The molecule has 0 bridgehead atoms. The van der Waals surface area contributed by atoms with E-state index in [1.54, 1.807) is 54.5 Å². The summed E-state index contributed by atoms with van der Waals surface area (Å²) in [6.45, 7) is 2.67. The van der Waals surface area contributed by atoms with Gasteiger partial charge >= 0.3 is 0 Å². The van der Waals surface area contributed by atoms with Gasteiger partial charge in [-0.05, 0) is 55.0 Å².